The Morgan fingerprint density at radius 1 is 1.20 bits per heavy atom. The molecule has 4 aliphatic carbocycles. The van der Waals surface area contributed by atoms with Crippen LogP contribution in [-0.4, -0.2) is 54.0 Å². The molecule has 2 aromatic rings. The number of amides is 1. The normalized spacial score (nSPS) is 29.8. The highest BCUT2D eigenvalue weighted by Crippen LogP contribution is 2.59. The average Bonchev–Trinajstić information content (AvgIpc) is 3.11. The summed E-state index contributed by atoms with van der Waals surface area (Å²) in [6, 6.07) is 5.75. The first kappa shape index (κ1) is 20.0. The fraction of sp³-hybridized carbons (Fsp3) is 0.667. The molecular weight excluding hydrogens is 376 g/mol. The SMILES string of the molecule is CN(C)CCOCc1cn2c(C(=O)NCC34CC5CC(CC(C5)C3)C4)cccc2n1. The molecule has 0 saturated heterocycles. The van der Waals surface area contributed by atoms with Gasteiger partial charge in [0, 0.05) is 19.3 Å². The van der Waals surface area contributed by atoms with Gasteiger partial charge in [-0.25, -0.2) is 4.98 Å². The van der Waals surface area contributed by atoms with E-state index in [9.17, 15) is 4.79 Å². The van der Waals surface area contributed by atoms with Gasteiger partial charge in [0.25, 0.3) is 5.91 Å². The highest BCUT2D eigenvalue weighted by atomic mass is 16.5. The number of nitrogens with zero attached hydrogens (tertiary/aromatic N) is 3. The van der Waals surface area contributed by atoms with E-state index in [2.05, 4.69) is 15.2 Å². The number of imidazole rings is 1. The van der Waals surface area contributed by atoms with Crippen LogP contribution in [0.4, 0.5) is 0 Å². The first-order valence-corrected chi connectivity index (χ1v) is 11.5. The van der Waals surface area contributed by atoms with Gasteiger partial charge in [-0.15, -0.1) is 0 Å². The number of pyridine rings is 1. The molecule has 4 aliphatic rings. The predicted molar refractivity (Wildman–Crippen MR) is 116 cm³/mol. The van der Waals surface area contributed by atoms with Gasteiger partial charge in [-0.3, -0.25) is 9.20 Å². The van der Waals surface area contributed by atoms with E-state index in [0.29, 0.717) is 24.3 Å². The second kappa shape index (κ2) is 7.97. The molecule has 1 N–H and O–H groups in total. The Balaban J connectivity index is 1.25. The Morgan fingerprint density at radius 3 is 2.57 bits per heavy atom. The summed E-state index contributed by atoms with van der Waals surface area (Å²) in [4.78, 5) is 19.8. The topological polar surface area (TPSA) is 58.9 Å². The van der Waals surface area contributed by atoms with Gasteiger partial charge in [0.2, 0.25) is 0 Å². The Morgan fingerprint density at radius 2 is 1.90 bits per heavy atom. The van der Waals surface area contributed by atoms with Gasteiger partial charge in [0.05, 0.1) is 18.9 Å². The zero-order chi connectivity index (χ0) is 20.7. The van der Waals surface area contributed by atoms with E-state index >= 15 is 0 Å². The van der Waals surface area contributed by atoms with Crippen molar-refractivity contribution < 1.29 is 9.53 Å². The van der Waals surface area contributed by atoms with Crippen LogP contribution < -0.4 is 5.32 Å². The molecule has 2 aromatic heterocycles. The number of hydrogen-bond acceptors (Lipinski definition) is 4. The molecule has 4 fully saturated rings. The first-order valence-electron chi connectivity index (χ1n) is 11.5. The number of rotatable bonds is 8. The lowest BCUT2D eigenvalue weighted by Crippen LogP contribution is -2.51. The second-order valence-corrected chi connectivity index (χ2v) is 10.3. The fourth-order valence-corrected chi connectivity index (χ4v) is 6.60. The van der Waals surface area contributed by atoms with Gasteiger partial charge in [0.1, 0.15) is 11.3 Å². The van der Waals surface area contributed by atoms with Crippen LogP contribution in [0.3, 0.4) is 0 Å². The van der Waals surface area contributed by atoms with E-state index in [1.165, 1.54) is 38.5 Å². The molecule has 6 nitrogen and oxygen atoms in total. The van der Waals surface area contributed by atoms with Crippen molar-refractivity contribution in [2.45, 2.75) is 45.1 Å². The zero-order valence-electron chi connectivity index (χ0n) is 18.3. The van der Waals surface area contributed by atoms with Gasteiger partial charge in [-0.2, -0.15) is 0 Å². The largest absolute Gasteiger partial charge is 0.374 e. The summed E-state index contributed by atoms with van der Waals surface area (Å²) in [5.41, 5.74) is 2.65. The summed E-state index contributed by atoms with van der Waals surface area (Å²) in [5, 5.41) is 3.30. The summed E-state index contributed by atoms with van der Waals surface area (Å²) in [6.45, 7) is 2.83. The highest BCUT2D eigenvalue weighted by molar-refractivity contribution is 5.93. The molecule has 0 unspecified atom stereocenters. The molecule has 4 bridgehead atoms. The van der Waals surface area contributed by atoms with E-state index in [4.69, 9.17) is 4.74 Å². The van der Waals surface area contributed by atoms with Crippen LogP contribution in [0.15, 0.2) is 24.4 Å². The molecule has 0 aliphatic heterocycles. The van der Waals surface area contributed by atoms with Crippen molar-refractivity contribution >= 4 is 11.6 Å². The molecule has 2 heterocycles. The van der Waals surface area contributed by atoms with Crippen LogP contribution in [0.1, 0.15) is 54.7 Å². The molecule has 0 aromatic carbocycles. The number of aromatic nitrogens is 2. The van der Waals surface area contributed by atoms with Crippen LogP contribution in [0.25, 0.3) is 5.65 Å². The Hall–Kier alpha value is -1.92. The predicted octanol–water partition coefficient (Wildman–Crippen LogP) is 3.36. The van der Waals surface area contributed by atoms with Gasteiger partial charge in [-0.05, 0) is 87.9 Å². The average molecular weight is 411 g/mol. The summed E-state index contributed by atoms with van der Waals surface area (Å²) in [6.07, 6.45) is 10.2. The molecule has 30 heavy (non-hydrogen) atoms. The highest BCUT2D eigenvalue weighted by Gasteiger charge is 2.50. The number of likely N-dealkylation sites (N-methyl/N-ethyl adjacent to an activating group) is 1. The Kier molecular flexibility index (Phi) is 5.31. The summed E-state index contributed by atoms with van der Waals surface area (Å²) < 4.78 is 7.63. The van der Waals surface area contributed by atoms with Gasteiger partial charge < -0.3 is 15.0 Å². The minimum Gasteiger partial charge on any atom is -0.374 e. The summed E-state index contributed by atoms with van der Waals surface area (Å²) in [7, 11) is 4.06. The molecule has 1 amide bonds. The lowest BCUT2D eigenvalue weighted by molar-refractivity contribution is -0.0503. The van der Waals surface area contributed by atoms with Crippen molar-refractivity contribution in [2.75, 3.05) is 33.8 Å². The molecule has 6 heteroatoms. The van der Waals surface area contributed by atoms with Crippen LogP contribution in [0, 0.1) is 23.2 Å². The van der Waals surface area contributed by atoms with E-state index in [1.54, 1.807) is 0 Å². The maximum absolute atomic E-state index is 13.1. The molecule has 162 valence electrons. The Bertz CT molecular complexity index is 884. The molecule has 0 radical (unpaired) electrons. The molecular formula is C24H34N4O2. The van der Waals surface area contributed by atoms with Crippen molar-refractivity contribution in [3.05, 3.63) is 35.8 Å². The number of fused-ring (bicyclic) bond motifs is 1. The lowest BCUT2D eigenvalue weighted by atomic mass is 9.49. The number of nitrogens with one attached hydrogen (secondary N) is 1. The maximum atomic E-state index is 13.1. The summed E-state index contributed by atoms with van der Waals surface area (Å²) >= 11 is 0. The van der Waals surface area contributed by atoms with Crippen LogP contribution >= 0.6 is 0 Å². The molecule has 0 spiro atoms. The van der Waals surface area contributed by atoms with Crippen molar-refractivity contribution in [3.8, 4) is 0 Å². The molecule has 6 rings (SSSR count). The number of carbonyl (C=O) groups is 1. The van der Waals surface area contributed by atoms with Crippen molar-refractivity contribution in [1.29, 1.82) is 0 Å². The van der Waals surface area contributed by atoms with E-state index < -0.39 is 0 Å². The third-order valence-corrected chi connectivity index (χ3v) is 7.50. The van der Waals surface area contributed by atoms with Crippen molar-refractivity contribution in [2.24, 2.45) is 23.2 Å². The quantitative estimate of drug-likeness (QED) is 0.678. The van der Waals surface area contributed by atoms with Gasteiger partial charge in [0.15, 0.2) is 0 Å². The van der Waals surface area contributed by atoms with E-state index in [1.807, 2.05) is 42.9 Å². The standard InChI is InChI=1S/C24H34N4O2/c1-27(2)6-7-30-15-20-14-28-21(4-3-5-22(28)26-20)23(29)25-16-24-11-17-8-18(12-24)10-19(9-17)13-24/h3-5,14,17-19H,6-13,15-16H2,1-2H3,(H,25,29). The van der Waals surface area contributed by atoms with Gasteiger partial charge in [-0.1, -0.05) is 6.07 Å². The summed E-state index contributed by atoms with van der Waals surface area (Å²) in [5.74, 6) is 2.72. The van der Waals surface area contributed by atoms with Crippen molar-refractivity contribution in [1.82, 2.24) is 19.6 Å². The fourth-order valence-electron chi connectivity index (χ4n) is 6.60. The van der Waals surface area contributed by atoms with Crippen LogP contribution in [0.5, 0.6) is 0 Å². The van der Waals surface area contributed by atoms with E-state index in [0.717, 1.165) is 42.2 Å². The minimum atomic E-state index is 0.00817. The van der Waals surface area contributed by atoms with Gasteiger partial charge >= 0.3 is 0 Å². The smallest absolute Gasteiger partial charge is 0.268 e. The maximum Gasteiger partial charge on any atom is 0.268 e. The Labute approximate surface area is 179 Å². The number of ether oxygens (including phenoxy) is 1. The van der Waals surface area contributed by atoms with Crippen LogP contribution in [-0.2, 0) is 11.3 Å². The number of carbonyl (C=O) groups excluding carboxylic acids is 1. The minimum absolute atomic E-state index is 0.00817. The van der Waals surface area contributed by atoms with Crippen LogP contribution in [0.2, 0.25) is 0 Å². The van der Waals surface area contributed by atoms with E-state index in [-0.39, 0.29) is 5.91 Å². The molecule has 4 saturated carbocycles. The number of hydrogen-bond donors (Lipinski definition) is 1. The molecule has 0 atom stereocenters. The van der Waals surface area contributed by atoms with Crippen molar-refractivity contribution in [3.63, 3.8) is 0 Å². The zero-order valence-corrected chi connectivity index (χ0v) is 18.3. The first-order chi connectivity index (χ1) is 14.5. The third kappa shape index (κ3) is 4.00. The third-order valence-electron chi connectivity index (χ3n) is 7.50. The lowest BCUT2D eigenvalue weighted by Gasteiger charge is -2.56. The second-order valence-electron chi connectivity index (χ2n) is 10.3. The monoisotopic (exact) mass is 410 g/mol.